The van der Waals surface area contributed by atoms with Gasteiger partial charge < -0.3 is 10.4 Å². The Hall–Kier alpha value is -4.44. The molecule has 1 heterocycles. The summed E-state index contributed by atoms with van der Waals surface area (Å²) in [5.74, 6) is -0.570. The van der Waals surface area contributed by atoms with Crippen LogP contribution in [0.3, 0.4) is 0 Å². The Labute approximate surface area is 190 Å². The molecule has 0 radical (unpaired) electrons. The highest BCUT2D eigenvalue weighted by Crippen LogP contribution is 2.29. The first-order valence-corrected chi connectivity index (χ1v) is 10.4. The van der Waals surface area contributed by atoms with Crippen LogP contribution in [0.15, 0.2) is 65.5 Å². The third-order valence-corrected chi connectivity index (χ3v) is 5.60. The summed E-state index contributed by atoms with van der Waals surface area (Å²) < 4.78 is 1.49. The van der Waals surface area contributed by atoms with E-state index in [-0.39, 0.29) is 17.2 Å². The van der Waals surface area contributed by atoms with Gasteiger partial charge in [0.15, 0.2) is 0 Å². The SMILES string of the molecule is Cc1cc([C@@H](C)Nc2ccccc2C(=O)O)c2nc(-c3cccc(C#N)c3)n(C)c(=O)c2c1. The van der Waals surface area contributed by atoms with Crippen molar-refractivity contribution in [3.05, 3.63) is 93.3 Å². The smallest absolute Gasteiger partial charge is 0.337 e. The molecule has 0 spiro atoms. The van der Waals surface area contributed by atoms with E-state index in [1.165, 1.54) is 4.57 Å². The Balaban J connectivity index is 1.90. The summed E-state index contributed by atoms with van der Waals surface area (Å²) in [6.07, 6.45) is 0. The van der Waals surface area contributed by atoms with Gasteiger partial charge >= 0.3 is 5.97 Å². The molecule has 0 fully saturated rings. The van der Waals surface area contributed by atoms with Gasteiger partial charge in [-0.2, -0.15) is 5.26 Å². The molecule has 0 saturated heterocycles. The van der Waals surface area contributed by atoms with E-state index in [1.54, 1.807) is 49.5 Å². The van der Waals surface area contributed by atoms with Crippen molar-refractivity contribution in [2.24, 2.45) is 7.05 Å². The molecule has 1 aromatic heterocycles. The number of aryl methyl sites for hydroxylation is 1. The van der Waals surface area contributed by atoms with Crippen LogP contribution in [-0.4, -0.2) is 20.6 Å². The summed E-state index contributed by atoms with van der Waals surface area (Å²) in [6, 6.07) is 19.2. The van der Waals surface area contributed by atoms with E-state index in [9.17, 15) is 20.0 Å². The second kappa shape index (κ2) is 8.60. The van der Waals surface area contributed by atoms with E-state index in [0.29, 0.717) is 33.5 Å². The molecule has 3 aromatic carbocycles. The lowest BCUT2D eigenvalue weighted by molar-refractivity contribution is 0.0698. The van der Waals surface area contributed by atoms with E-state index in [0.717, 1.165) is 11.1 Å². The van der Waals surface area contributed by atoms with Crippen molar-refractivity contribution in [1.29, 1.82) is 5.26 Å². The molecule has 0 amide bonds. The average Bonchev–Trinajstić information content (AvgIpc) is 2.81. The molecular weight excluding hydrogens is 416 g/mol. The lowest BCUT2D eigenvalue weighted by atomic mass is 10.00. The number of rotatable bonds is 5. The highest BCUT2D eigenvalue weighted by molar-refractivity contribution is 5.94. The molecule has 0 unspecified atom stereocenters. The van der Waals surface area contributed by atoms with Gasteiger partial charge in [0, 0.05) is 23.9 Å². The van der Waals surface area contributed by atoms with Crippen LogP contribution in [0.2, 0.25) is 0 Å². The molecule has 0 bridgehead atoms. The van der Waals surface area contributed by atoms with Gasteiger partial charge in [-0.05, 0) is 49.7 Å². The Bertz CT molecular complexity index is 1500. The number of carboxylic acids is 1. The highest BCUT2D eigenvalue weighted by atomic mass is 16.4. The van der Waals surface area contributed by atoms with Crippen molar-refractivity contribution in [2.45, 2.75) is 19.9 Å². The second-order valence-electron chi connectivity index (χ2n) is 7.96. The van der Waals surface area contributed by atoms with Gasteiger partial charge in [0.05, 0.1) is 34.1 Å². The van der Waals surface area contributed by atoms with Gasteiger partial charge in [-0.1, -0.05) is 30.3 Å². The van der Waals surface area contributed by atoms with Crippen LogP contribution >= 0.6 is 0 Å². The van der Waals surface area contributed by atoms with Crippen molar-refractivity contribution in [1.82, 2.24) is 9.55 Å². The minimum atomic E-state index is -1.02. The zero-order chi connectivity index (χ0) is 23.7. The number of anilines is 1. The maximum absolute atomic E-state index is 13.3. The maximum atomic E-state index is 13.3. The summed E-state index contributed by atoms with van der Waals surface area (Å²) >= 11 is 0. The number of hydrogen-bond acceptors (Lipinski definition) is 5. The fourth-order valence-corrected chi connectivity index (χ4v) is 3.97. The van der Waals surface area contributed by atoms with E-state index in [1.807, 2.05) is 32.0 Å². The van der Waals surface area contributed by atoms with Crippen LogP contribution in [0.1, 0.15) is 40.0 Å². The van der Waals surface area contributed by atoms with Crippen molar-refractivity contribution in [3.63, 3.8) is 0 Å². The lowest BCUT2D eigenvalue weighted by Gasteiger charge is -2.20. The predicted octanol–water partition coefficient (Wildman–Crippen LogP) is 4.65. The Morgan fingerprint density at radius 3 is 2.64 bits per heavy atom. The van der Waals surface area contributed by atoms with Gasteiger partial charge in [0.2, 0.25) is 0 Å². The molecule has 0 saturated carbocycles. The van der Waals surface area contributed by atoms with Crippen LogP contribution in [-0.2, 0) is 7.05 Å². The molecule has 0 aliphatic rings. The van der Waals surface area contributed by atoms with Crippen LogP contribution in [0, 0.1) is 18.3 Å². The molecule has 4 rings (SSSR count). The van der Waals surface area contributed by atoms with Crippen molar-refractivity contribution < 1.29 is 9.90 Å². The van der Waals surface area contributed by atoms with Crippen LogP contribution in [0.25, 0.3) is 22.3 Å². The first kappa shape index (κ1) is 21.8. The summed E-state index contributed by atoms with van der Waals surface area (Å²) in [4.78, 5) is 29.7. The average molecular weight is 438 g/mol. The number of para-hydroxylation sites is 1. The molecule has 0 aliphatic carbocycles. The summed E-state index contributed by atoms with van der Waals surface area (Å²) in [6.45, 7) is 3.81. The van der Waals surface area contributed by atoms with Gasteiger partial charge in [0.25, 0.3) is 5.56 Å². The molecule has 164 valence electrons. The lowest BCUT2D eigenvalue weighted by Crippen LogP contribution is -2.22. The van der Waals surface area contributed by atoms with Crippen LogP contribution < -0.4 is 10.9 Å². The molecule has 7 heteroatoms. The van der Waals surface area contributed by atoms with E-state index < -0.39 is 5.97 Å². The zero-order valence-corrected chi connectivity index (χ0v) is 18.5. The van der Waals surface area contributed by atoms with E-state index in [2.05, 4.69) is 11.4 Å². The third kappa shape index (κ3) is 4.06. The number of hydrogen-bond donors (Lipinski definition) is 2. The maximum Gasteiger partial charge on any atom is 0.337 e. The number of carboxylic acid groups (broad SMARTS) is 1. The molecule has 2 N–H and O–H groups in total. The number of nitriles is 1. The number of aromatic carboxylic acids is 1. The zero-order valence-electron chi connectivity index (χ0n) is 18.5. The number of nitrogens with zero attached hydrogens (tertiary/aromatic N) is 3. The van der Waals surface area contributed by atoms with Crippen molar-refractivity contribution in [3.8, 4) is 17.5 Å². The largest absolute Gasteiger partial charge is 0.478 e. The van der Waals surface area contributed by atoms with Crippen molar-refractivity contribution >= 4 is 22.6 Å². The quantitative estimate of drug-likeness (QED) is 0.469. The Morgan fingerprint density at radius 1 is 1.15 bits per heavy atom. The number of nitrogens with one attached hydrogen (secondary N) is 1. The number of carbonyl (C=O) groups is 1. The molecular formula is C26H22N4O3. The number of benzene rings is 3. The molecule has 1 atom stereocenters. The monoisotopic (exact) mass is 438 g/mol. The summed E-state index contributed by atoms with van der Waals surface area (Å²) in [5, 5.41) is 22.5. The molecule has 0 aliphatic heterocycles. The summed E-state index contributed by atoms with van der Waals surface area (Å²) in [7, 11) is 1.66. The number of aromatic nitrogens is 2. The van der Waals surface area contributed by atoms with E-state index >= 15 is 0 Å². The van der Waals surface area contributed by atoms with Gasteiger partial charge in [0.1, 0.15) is 5.82 Å². The first-order valence-electron chi connectivity index (χ1n) is 10.4. The van der Waals surface area contributed by atoms with E-state index in [4.69, 9.17) is 4.98 Å². The standard InChI is InChI=1S/C26H22N4O3/c1-15-11-20(16(2)28-22-10-5-4-9-19(22)26(32)33)23-21(12-15)25(31)30(3)24(29-23)18-8-6-7-17(13-18)14-27/h4-13,16,28H,1-3H3,(H,32,33)/t16-/m1/s1. The molecule has 33 heavy (non-hydrogen) atoms. The topological polar surface area (TPSA) is 108 Å². The number of fused-ring (bicyclic) bond motifs is 1. The highest BCUT2D eigenvalue weighted by Gasteiger charge is 2.19. The normalized spacial score (nSPS) is 11.7. The minimum Gasteiger partial charge on any atom is -0.478 e. The minimum absolute atomic E-state index is 0.166. The Morgan fingerprint density at radius 2 is 1.91 bits per heavy atom. The van der Waals surface area contributed by atoms with Gasteiger partial charge in [-0.3, -0.25) is 9.36 Å². The fraction of sp³-hybridized carbons (Fsp3) is 0.154. The Kier molecular flexibility index (Phi) is 5.67. The predicted molar refractivity (Wildman–Crippen MR) is 127 cm³/mol. The summed E-state index contributed by atoms with van der Waals surface area (Å²) in [5.41, 5.74) is 3.81. The van der Waals surface area contributed by atoms with Crippen molar-refractivity contribution in [2.75, 3.05) is 5.32 Å². The van der Waals surface area contributed by atoms with Gasteiger partial charge in [-0.25, -0.2) is 9.78 Å². The van der Waals surface area contributed by atoms with Crippen LogP contribution in [0.5, 0.6) is 0 Å². The first-order chi connectivity index (χ1) is 15.8. The molecule has 7 nitrogen and oxygen atoms in total. The van der Waals surface area contributed by atoms with Crippen LogP contribution in [0.4, 0.5) is 5.69 Å². The molecule has 4 aromatic rings. The fourth-order valence-electron chi connectivity index (χ4n) is 3.97. The third-order valence-electron chi connectivity index (χ3n) is 5.60. The second-order valence-corrected chi connectivity index (χ2v) is 7.96. The van der Waals surface area contributed by atoms with Gasteiger partial charge in [-0.15, -0.1) is 0 Å².